The van der Waals surface area contributed by atoms with E-state index in [2.05, 4.69) is 5.32 Å². The van der Waals surface area contributed by atoms with Crippen LogP contribution in [0, 0.1) is 6.92 Å². The van der Waals surface area contributed by atoms with Gasteiger partial charge < -0.3 is 5.32 Å². The van der Waals surface area contributed by atoms with Crippen molar-refractivity contribution >= 4 is 17.5 Å². The molecule has 1 aliphatic heterocycles. The van der Waals surface area contributed by atoms with Crippen LogP contribution in [0.5, 0.6) is 0 Å². The van der Waals surface area contributed by atoms with Gasteiger partial charge in [0.1, 0.15) is 6.04 Å². The van der Waals surface area contributed by atoms with E-state index in [-0.39, 0.29) is 11.8 Å². The van der Waals surface area contributed by atoms with Crippen molar-refractivity contribution in [2.45, 2.75) is 32.9 Å². The molecule has 0 unspecified atom stereocenters. The number of fused-ring (bicyclic) bond motifs is 1. The van der Waals surface area contributed by atoms with Crippen molar-refractivity contribution in [1.82, 2.24) is 5.32 Å². The van der Waals surface area contributed by atoms with E-state index in [0.29, 0.717) is 13.0 Å². The van der Waals surface area contributed by atoms with Crippen LogP contribution in [-0.2, 0) is 22.6 Å². The van der Waals surface area contributed by atoms with Gasteiger partial charge in [0, 0.05) is 25.6 Å². The number of para-hydroxylation sites is 1. The number of amides is 2. The summed E-state index contributed by atoms with van der Waals surface area (Å²) in [6.45, 7) is 4.00. The molecule has 0 aliphatic carbocycles. The Hall–Kier alpha value is -2.62. The molecule has 0 saturated carbocycles. The summed E-state index contributed by atoms with van der Waals surface area (Å²) in [6, 6.07) is 15.3. The first kappa shape index (κ1) is 15.3. The molecule has 2 aromatic rings. The maximum atomic E-state index is 12.6. The SMILES string of the molecule is CC(=O)N1c2ccccc2C[C@@H]1C(=O)NCc1cccc(C)c1. The Morgan fingerprint density at radius 2 is 1.96 bits per heavy atom. The third-order valence-electron chi connectivity index (χ3n) is 4.17. The first-order chi connectivity index (χ1) is 11.1. The number of rotatable bonds is 3. The van der Waals surface area contributed by atoms with Crippen LogP contribution in [0.3, 0.4) is 0 Å². The van der Waals surface area contributed by atoms with E-state index in [1.54, 1.807) is 4.90 Å². The highest BCUT2D eigenvalue weighted by Gasteiger charge is 2.36. The molecule has 1 N–H and O–H groups in total. The van der Waals surface area contributed by atoms with Crippen molar-refractivity contribution in [2.24, 2.45) is 0 Å². The Labute approximate surface area is 136 Å². The summed E-state index contributed by atoms with van der Waals surface area (Å²) < 4.78 is 0. The van der Waals surface area contributed by atoms with Crippen LogP contribution in [0.25, 0.3) is 0 Å². The Morgan fingerprint density at radius 3 is 2.70 bits per heavy atom. The molecule has 23 heavy (non-hydrogen) atoms. The van der Waals surface area contributed by atoms with Gasteiger partial charge in [-0.05, 0) is 24.1 Å². The van der Waals surface area contributed by atoms with E-state index in [9.17, 15) is 9.59 Å². The number of anilines is 1. The normalized spacial score (nSPS) is 16.1. The number of aryl methyl sites for hydroxylation is 1. The van der Waals surface area contributed by atoms with Gasteiger partial charge in [0.05, 0.1) is 0 Å². The van der Waals surface area contributed by atoms with Gasteiger partial charge in [0.2, 0.25) is 11.8 Å². The summed E-state index contributed by atoms with van der Waals surface area (Å²) in [4.78, 5) is 26.2. The zero-order valence-electron chi connectivity index (χ0n) is 13.4. The van der Waals surface area contributed by atoms with Gasteiger partial charge >= 0.3 is 0 Å². The van der Waals surface area contributed by atoms with Gasteiger partial charge in [0.25, 0.3) is 0 Å². The highest BCUT2D eigenvalue weighted by atomic mass is 16.2. The van der Waals surface area contributed by atoms with Crippen molar-refractivity contribution in [3.63, 3.8) is 0 Å². The molecule has 0 saturated heterocycles. The highest BCUT2D eigenvalue weighted by Crippen LogP contribution is 2.32. The number of nitrogens with one attached hydrogen (secondary N) is 1. The molecule has 1 heterocycles. The van der Waals surface area contributed by atoms with E-state index >= 15 is 0 Å². The maximum Gasteiger partial charge on any atom is 0.243 e. The largest absolute Gasteiger partial charge is 0.350 e. The summed E-state index contributed by atoms with van der Waals surface area (Å²) in [7, 11) is 0. The minimum Gasteiger partial charge on any atom is -0.350 e. The van der Waals surface area contributed by atoms with Gasteiger partial charge in [-0.3, -0.25) is 14.5 Å². The Balaban J connectivity index is 1.73. The van der Waals surface area contributed by atoms with Crippen molar-refractivity contribution in [3.05, 3.63) is 65.2 Å². The number of carbonyl (C=O) groups excluding carboxylic acids is 2. The van der Waals surface area contributed by atoms with Crippen molar-refractivity contribution in [2.75, 3.05) is 4.90 Å². The number of benzene rings is 2. The summed E-state index contributed by atoms with van der Waals surface area (Å²) >= 11 is 0. The monoisotopic (exact) mass is 308 g/mol. The third kappa shape index (κ3) is 3.11. The quantitative estimate of drug-likeness (QED) is 0.947. The number of carbonyl (C=O) groups is 2. The molecular formula is C19H20N2O2. The van der Waals surface area contributed by atoms with Gasteiger partial charge in [-0.15, -0.1) is 0 Å². The molecule has 1 atom stereocenters. The van der Waals surface area contributed by atoms with Crippen LogP contribution in [0.1, 0.15) is 23.6 Å². The summed E-state index contributed by atoms with van der Waals surface area (Å²) in [5.74, 6) is -0.219. The molecule has 0 bridgehead atoms. The second-order valence-electron chi connectivity index (χ2n) is 5.94. The first-order valence-electron chi connectivity index (χ1n) is 7.77. The fourth-order valence-electron chi connectivity index (χ4n) is 3.11. The molecule has 0 fully saturated rings. The lowest BCUT2D eigenvalue weighted by Crippen LogP contribution is -2.47. The van der Waals surface area contributed by atoms with E-state index in [1.165, 1.54) is 6.92 Å². The fourth-order valence-corrected chi connectivity index (χ4v) is 3.11. The lowest BCUT2D eigenvalue weighted by Gasteiger charge is -2.23. The molecule has 0 aromatic heterocycles. The summed E-state index contributed by atoms with van der Waals surface area (Å²) in [5, 5.41) is 2.95. The Kier molecular flexibility index (Phi) is 4.15. The van der Waals surface area contributed by atoms with Crippen LogP contribution >= 0.6 is 0 Å². The maximum absolute atomic E-state index is 12.6. The molecule has 118 valence electrons. The zero-order chi connectivity index (χ0) is 16.4. The number of nitrogens with zero attached hydrogens (tertiary/aromatic N) is 1. The lowest BCUT2D eigenvalue weighted by molar-refractivity contribution is -0.125. The van der Waals surface area contributed by atoms with Gasteiger partial charge in [-0.2, -0.15) is 0 Å². The smallest absolute Gasteiger partial charge is 0.243 e. The molecule has 3 rings (SSSR count). The van der Waals surface area contributed by atoms with Gasteiger partial charge in [0.15, 0.2) is 0 Å². The molecule has 2 amide bonds. The number of hydrogen-bond donors (Lipinski definition) is 1. The topological polar surface area (TPSA) is 49.4 Å². The number of hydrogen-bond acceptors (Lipinski definition) is 2. The van der Waals surface area contributed by atoms with Crippen LogP contribution in [-0.4, -0.2) is 17.9 Å². The van der Waals surface area contributed by atoms with Crippen molar-refractivity contribution in [1.29, 1.82) is 0 Å². The molecule has 2 aromatic carbocycles. The van der Waals surface area contributed by atoms with Crippen LogP contribution in [0.15, 0.2) is 48.5 Å². The molecular weight excluding hydrogens is 288 g/mol. The minimum absolute atomic E-state index is 0.106. The lowest BCUT2D eigenvalue weighted by atomic mass is 10.1. The second-order valence-corrected chi connectivity index (χ2v) is 5.94. The third-order valence-corrected chi connectivity index (χ3v) is 4.17. The molecule has 0 spiro atoms. The Morgan fingerprint density at radius 1 is 1.17 bits per heavy atom. The second kappa shape index (κ2) is 6.24. The Bertz CT molecular complexity index is 755. The van der Waals surface area contributed by atoms with Crippen molar-refractivity contribution in [3.8, 4) is 0 Å². The average Bonchev–Trinajstić information content (AvgIpc) is 2.92. The molecule has 4 heteroatoms. The van der Waals surface area contributed by atoms with E-state index in [0.717, 1.165) is 22.4 Å². The van der Waals surface area contributed by atoms with Crippen molar-refractivity contribution < 1.29 is 9.59 Å². The van der Waals surface area contributed by atoms with Crippen LogP contribution in [0.4, 0.5) is 5.69 Å². The summed E-state index contributed by atoms with van der Waals surface area (Å²) in [5.41, 5.74) is 4.10. The zero-order valence-corrected chi connectivity index (χ0v) is 13.4. The molecule has 1 aliphatic rings. The predicted octanol–water partition coefficient (Wildman–Crippen LogP) is 2.59. The standard InChI is InChI=1S/C19H20N2O2/c1-13-6-5-7-15(10-13)12-20-19(23)18-11-16-8-3-4-9-17(16)21(18)14(2)22/h3-10,18H,11-12H2,1-2H3,(H,20,23)/t18-/m1/s1. The fraction of sp³-hybridized carbons (Fsp3) is 0.263. The minimum atomic E-state index is -0.463. The van der Waals surface area contributed by atoms with Crippen LogP contribution in [0.2, 0.25) is 0 Å². The van der Waals surface area contributed by atoms with E-state index in [1.807, 2.05) is 55.5 Å². The van der Waals surface area contributed by atoms with E-state index in [4.69, 9.17) is 0 Å². The van der Waals surface area contributed by atoms with Crippen LogP contribution < -0.4 is 10.2 Å². The molecule has 0 radical (unpaired) electrons. The predicted molar refractivity (Wildman–Crippen MR) is 90.1 cm³/mol. The van der Waals surface area contributed by atoms with Gasteiger partial charge in [-0.25, -0.2) is 0 Å². The van der Waals surface area contributed by atoms with E-state index < -0.39 is 6.04 Å². The highest BCUT2D eigenvalue weighted by molar-refractivity contribution is 6.02. The molecule has 4 nitrogen and oxygen atoms in total. The average molecular weight is 308 g/mol. The summed E-state index contributed by atoms with van der Waals surface area (Å²) in [6.07, 6.45) is 0.565. The van der Waals surface area contributed by atoms with Gasteiger partial charge in [-0.1, -0.05) is 48.0 Å². The first-order valence-corrected chi connectivity index (χ1v) is 7.77.